The fourth-order valence-corrected chi connectivity index (χ4v) is 2.48. The van der Waals surface area contributed by atoms with Gasteiger partial charge < -0.3 is 14.5 Å². The molecule has 0 bridgehead atoms. The van der Waals surface area contributed by atoms with Gasteiger partial charge in [0.05, 0.1) is 18.9 Å². The highest BCUT2D eigenvalue weighted by Crippen LogP contribution is 2.29. The van der Waals surface area contributed by atoms with E-state index in [1.807, 2.05) is 6.20 Å². The first kappa shape index (κ1) is 12.2. The second-order valence-corrected chi connectivity index (χ2v) is 5.56. The molecule has 2 atom stereocenters. The smallest absolute Gasteiger partial charge is 0.194 e. The van der Waals surface area contributed by atoms with Crippen LogP contribution in [0.5, 0.6) is 0 Å². The van der Waals surface area contributed by atoms with Gasteiger partial charge >= 0.3 is 0 Å². The van der Waals surface area contributed by atoms with E-state index >= 15 is 0 Å². The van der Waals surface area contributed by atoms with Crippen molar-refractivity contribution < 1.29 is 9.15 Å². The number of hydrogen-bond donors (Lipinski definition) is 1. The molecule has 0 radical (unpaired) electrons. The van der Waals surface area contributed by atoms with Gasteiger partial charge in [-0.1, -0.05) is 0 Å². The molecule has 0 amide bonds. The number of oxazole rings is 1. The molecule has 2 heterocycles. The molecule has 1 aliphatic heterocycles. The molecule has 4 heteroatoms. The molecule has 2 aliphatic rings. The zero-order valence-corrected chi connectivity index (χ0v) is 11.0. The van der Waals surface area contributed by atoms with Crippen LogP contribution in [-0.2, 0) is 11.2 Å². The molecule has 18 heavy (non-hydrogen) atoms. The van der Waals surface area contributed by atoms with Gasteiger partial charge in [-0.25, -0.2) is 4.98 Å². The minimum absolute atomic E-state index is 0.353. The molecule has 1 N–H and O–H groups in total. The summed E-state index contributed by atoms with van der Waals surface area (Å²) in [5.41, 5.74) is 0. The molecule has 100 valence electrons. The summed E-state index contributed by atoms with van der Waals surface area (Å²) in [4.78, 5) is 4.37. The van der Waals surface area contributed by atoms with E-state index in [1.54, 1.807) is 0 Å². The maximum absolute atomic E-state index is 5.82. The SMILES string of the molecule is CC1CC(c2cnc(CCCNC3CC3)o2)CO1. The first-order valence-corrected chi connectivity index (χ1v) is 7.11. The van der Waals surface area contributed by atoms with E-state index in [0.717, 1.165) is 50.1 Å². The second kappa shape index (κ2) is 5.41. The van der Waals surface area contributed by atoms with E-state index in [0.29, 0.717) is 12.0 Å². The Morgan fingerprint density at radius 1 is 1.44 bits per heavy atom. The van der Waals surface area contributed by atoms with E-state index in [4.69, 9.17) is 9.15 Å². The third-order valence-electron chi connectivity index (χ3n) is 3.75. The van der Waals surface area contributed by atoms with Gasteiger partial charge in [-0.15, -0.1) is 0 Å². The summed E-state index contributed by atoms with van der Waals surface area (Å²) in [7, 11) is 0. The average Bonchev–Trinajstić information content (AvgIpc) is 2.88. The van der Waals surface area contributed by atoms with E-state index in [2.05, 4.69) is 17.2 Å². The summed E-state index contributed by atoms with van der Waals surface area (Å²) >= 11 is 0. The first-order chi connectivity index (χ1) is 8.81. The van der Waals surface area contributed by atoms with Gasteiger partial charge in [0.1, 0.15) is 5.76 Å². The molecule has 0 spiro atoms. The van der Waals surface area contributed by atoms with Crippen LogP contribution in [0.3, 0.4) is 0 Å². The summed E-state index contributed by atoms with van der Waals surface area (Å²) in [6.45, 7) is 3.96. The number of nitrogens with zero attached hydrogens (tertiary/aromatic N) is 1. The van der Waals surface area contributed by atoms with Crippen LogP contribution in [0.1, 0.15) is 50.2 Å². The Bertz CT molecular complexity index is 387. The second-order valence-electron chi connectivity index (χ2n) is 5.56. The Kier molecular flexibility index (Phi) is 3.66. The van der Waals surface area contributed by atoms with Crippen molar-refractivity contribution in [3.05, 3.63) is 17.8 Å². The van der Waals surface area contributed by atoms with Crippen LogP contribution in [0, 0.1) is 0 Å². The van der Waals surface area contributed by atoms with E-state index in [9.17, 15) is 0 Å². The lowest BCUT2D eigenvalue weighted by Crippen LogP contribution is -2.17. The number of nitrogens with one attached hydrogen (secondary N) is 1. The minimum Gasteiger partial charge on any atom is -0.445 e. The van der Waals surface area contributed by atoms with E-state index in [-0.39, 0.29) is 0 Å². The number of hydrogen-bond acceptors (Lipinski definition) is 4. The van der Waals surface area contributed by atoms with Crippen molar-refractivity contribution in [1.29, 1.82) is 0 Å². The maximum atomic E-state index is 5.82. The highest BCUT2D eigenvalue weighted by Gasteiger charge is 2.26. The van der Waals surface area contributed by atoms with Crippen LogP contribution >= 0.6 is 0 Å². The van der Waals surface area contributed by atoms with Crippen molar-refractivity contribution in [2.75, 3.05) is 13.2 Å². The predicted molar refractivity (Wildman–Crippen MR) is 68.6 cm³/mol. The van der Waals surface area contributed by atoms with Gasteiger partial charge in [0, 0.05) is 18.4 Å². The third-order valence-corrected chi connectivity index (χ3v) is 3.75. The van der Waals surface area contributed by atoms with Crippen molar-refractivity contribution >= 4 is 0 Å². The summed E-state index contributed by atoms with van der Waals surface area (Å²) in [6.07, 6.45) is 8.03. The number of ether oxygens (including phenoxy) is 1. The Morgan fingerprint density at radius 2 is 2.33 bits per heavy atom. The fraction of sp³-hybridized carbons (Fsp3) is 0.786. The predicted octanol–water partition coefficient (Wildman–Crippen LogP) is 2.25. The van der Waals surface area contributed by atoms with Crippen LogP contribution in [0.2, 0.25) is 0 Å². The van der Waals surface area contributed by atoms with Crippen molar-refractivity contribution in [1.82, 2.24) is 10.3 Å². The molecule has 2 unspecified atom stereocenters. The number of aryl methyl sites for hydroxylation is 1. The highest BCUT2D eigenvalue weighted by molar-refractivity contribution is 5.04. The topological polar surface area (TPSA) is 47.3 Å². The van der Waals surface area contributed by atoms with Crippen LogP contribution in [0.25, 0.3) is 0 Å². The zero-order chi connectivity index (χ0) is 12.4. The molecule has 1 aromatic heterocycles. The summed E-state index contributed by atoms with van der Waals surface area (Å²) in [5.74, 6) is 2.29. The quantitative estimate of drug-likeness (QED) is 0.787. The van der Waals surface area contributed by atoms with Crippen LogP contribution < -0.4 is 5.32 Å². The molecule has 0 aromatic carbocycles. The molecule has 1 saturated carbocycles. The van der Waals surface area contributed by atoms with E-state index in [1.165, 1.54) is 12.8 Å². The summed E-state index contributed by atoms with van der Waals surface area (Å²) in [6, 6.07) is 0.794. The molecular weight excluding hydrogens is 228 g/mol. The molecule has 1 aliphatic carbocycles. The zero-order valence-electron chi connectivity index (χ0n) is 11.0. The van der Waals surface area contributed by atoms with Gasteiger partial charge in [-0.2, -0.15) is 0 Å². The van der Waals surface area contributed by atoms with Crippen LogP contribution in [0.15, 0.2) is 10.6 Å². The van der Waals surface area contributed by atoms with Crippen molar-refractivity contribution in [2.45, 2.75) is 57.1 Å². The van der Waals surface area contributed by atoms with Gasteiger partial charge in [0.25, 0.3) is 0 Å². The number of rotatable bonds is 6. The highest BCUT2D eigenvalue weighted by atomic mass is 16.5. The lowest BCUT2D eigenvalue weighted by atomic mass is 10.0. The first-order valence-electron chi connectivity index (χ1n) is 7.11. The molecule has 3 rings (SSSR count). The number of aromatic nitrogens is 1. The maximum Gasteiger partial charge on any atom is 0.194 e. The largest absolute Gasteiger partial charge is 0.445 e. The third kappa shape index (κ3) is 3.12. The Hall–Kier alpha value is -0.870. The Morgan fingerprint density at radius 3 is 3.06 bits per heavy atom. The fourth-order valence-electron chi connectivity index (χ4n) is 2.48. The minimum atomic E-state index is 0.353. The van der Waals surface area contributed by atoms with Gasteiger partial charge in [-0.05, 0) is 39.2 Å². The van der Waals surface area contributed by atoms with Crippen molar-refractivity contribution in [3.63, 3.8) is 0 Å². The van der Waals surface area contributed by atoms with Crippen molar-refractivity contribution in [2.24, 2.45) is 0 Å². The molecule has 1 aromatic rings. The standard InChI is InChI=1S/C14H22N2O2/c1-10-7-11(9-17-10)13-8-16-14(18-13)3-2-6-15-12-4-5-12/h8,10-12,15H,2-7,9H2,1H3. The summed E-state index contributed by atoms with van der Waals surface area (Å²) in [5, 5.41) is 3.51. The van der Waals surface area contributed by atoms with Crippen molar-refractivity contribution in [3.8, 4) is 0 Å². The molecule has 2 fully saturated rings. The van der Waals surface area contributed by atoms with Crippen LogP contribution in [0.4, 0.5) is 0 Å². The normalized spacial score (nSPS) is 27.8. The Labute approximate surface area is 108 Å². The van der Waals surface area contributed by atoms with E-state index < -0.39 is 0 Å². The summed E-state index contributed by atoms with van der Waals surface area (Å²) < 4.78 is 11.4. The molecular formula is C14H22N2O2. The van der Waals surface area contributed by atoms with Gasteiger partial charge in [0.2, 0.25) is 0 Å². The van der Waals surface area contributed by atoms with Crippen LogP contribution in [-0.4, -0.2) is 30.3 Å². The Balaban J connectivity index is 1.43. The lowest BCUT2D eigenvalue weighted by molar-refractivity contribution is 0.122. The lowest BCUT2D eigenvalue weighted by Gasteiger charge is -2.02. The van der Waals surface area contributed by atoms with Gasteiger partial charge in [-0.3, -0.25) is 0 Å². The molecule has 1 saturated heterocycles. The molecule has 4 nitrogen and oxygen atoms in total. The average molecular weight is 250 g/mol. The van der Waals surface area contributed by atoms with Gasteiger partial charge in [0.15, 0.2) is 5.89 Å². The monoisotopic (exact) mass is 250 g/mol.